The molecule has 3 fully saturated rings. The largest absolute Gasteiger partial charge is 0.444 e. The van der Waals surface area contributed by atoms with Gasteiger partial charge in [0.25, 0.3) is 0 Å². The van der Waals surface area contributed by atoms with E-state index in [0.29, 0.717) is 28.9 Å². The number of pyridine rings is 1. The molecule has 2 heterocycles. The molecule has 2 saturated carbocycles. The van der Waals surface area contributed by atoms with E-state index < -0.39 is 35.5 Å². The molecule has 8 nitrogen and oxygen atoms in total. The molecule has 2 bridgehead atoms. The predicted molar refractivity (Wildman–Crippen MR) is 135 cm³/mol. The van der Waals surface area contributed by atoms with Crippen LogP contribution < -0.4 is 5.32 Å². The molecule has 7 atom stereocenters. The molecule has 1 saturated heterocycles. The number of nitrogens with one attached hydrogen (secondary N) is 1. The van der Waals surface area contributed by atoms with Gasteiger partial charge in [-0.1, -0.05) is 19.1 Å². The summed E-state index contributed by atoms with van der Waals surface area (Å²) < 4.78 is 20.6. The number of benzene rings is 1. The number of fused-ring (bicyclic) bond motifs is 5. The molecule has 1 N–H and O–H groups in total. The van der Waals surface area contributed by atoms with Crippen molar-refractivity contribution >= 4 is 12.0 Å². The van der Waals surface area contributed by atoms with Crippen LogP contribution in [0.3, 0.4) is 0 Å². The maximum Gasteiger partial charge on any atom is 0.411 e. The zero-order chi connectivity index (χ0) is 27.4. The Morgan fingerprint density at radius 2 is 1.95 bits per heavy atom. The van der Waals surface area contributed by atoms with Crippen LogP contribution in [0.15, 0.2) is 36.5 Å². The Morgan fingerprint density at radius 1 is 1.21 bits per heavy atom. The quantitative estimate of drug-likeness (QED) is 0.637. The second-order valence-electron chi connectivity index (χ2n) is 11.6. The smallest absolute Gasteiger partial charge is 0.411 e. The minimum Gasteiger partial charge on any atom is -0.444 e. The molecular weight excluding hydrogens is 485 g/mol. The molecule has 5 rings (SSSR count). The van der Waals surface area contributed by atoms with Gasteiger partial charge in [-0.25, -0.2) is 14.2 Å². The van der Waals surface area contributed by atoms with E-state index in [1.807, 2.05) is 6.07 Å². The first-order chi connectivity index (χ1) is 18.0. The predicted octanol–water partition coefficient (Wildman–Crippen LogP) is 4.20. The lowest BCUT2D eigenvalue weighted by Gasteiger charge is -2.35. The zero-order valence-electron chi connectivity index (χ0n) is 21.8. The number of carbonyl (C=O) groups is 2. The Morgan fingerprint density at radius 3 is 2.55 bits per heavy atom. The number of hydrogen-bond acceptors (Lipinski definition) is 6. The van der Waals surface area contributed by atoms with Gasteiger partial charge in [0.15, 0.2) is 0 Å². The normalized spacial score (nSPS) is 27.6. The van der Waals surface area contributed by atoms with E-state index in [4.69, 9.17) is 10.00 Å². The van der Waals surface area contributed by atoms with Crippen LogP contribution in [0.1, 0.15) is 45.4 Å². The fourth-order valence-electron chi connectivity index (χ4n) is 6.47. The summed E-state index contributed by atoms with van der Waals surface area (Å²) in [5.41, 5.74) is 1.11. The van der Waals surface area contributed by atoms with Gasteiger partial charge in [0.05, 0.1) is 6.07 Å². The molecule has 2 aromatic rings. The number of piperidine rings is 1. The Hall–Kier alpha value is -3.98. The van der Waals surface area contributed by atoms with Crippen LogP contribution in [-0.4, -0.2) is 45.6 Å². The van der Waals surface area contributed by atoms with Crippen LogP contribution in [0, 0.1) is 52.2 Å². The Labute approximate surface area is 221 Å². The molecule has 5 unspecified atom stereocenters. The van der Waals surface area contributed by atoms with Crippen molar-refractivity contribution in [1.29, 1.82) is 10.5 Å². The average molecular weight is 516 g/mol. The fraction of sp³-hybridized carbons (Fsp3) is 0.483. The van der Waals surface area contributed by atoms with E-state index in [-0.39, 0.29) is 29.6 Å². The summed E-state index contributed by atoms with van der Waals surface area (Å²) in [7, 11) is 0. The van der Waals surface area contributed by atoms with Crippen molar-refractivity contribution < 1.29 is 18.7 Å². The van der Waals surface area contributed by atoms with E-state index in [9.17, 15) is 19.2 Å². The summed E-state index contributed by atoms with van der Waals surface area (Å²) in [5.74, 6) is 0.370. The number of carbonyl (C=O) groups excluding carboxylic acids is 2. The number of aromatic nitrogens is 1. The summed E-state index contributed by atoms with van der Waals surface area (Å²) in [6.07, 6.45) is 1.74. The van der Waals surface area contributed by atoms with E-state index in [2.05, 4.69) is 23.3 Å². The number of likely N-dealkylation sites (tertiary alicyclic amines) is 1. The van der Waals surface area contributed by atoms with Gasteiger partial charge < -0.3 is 10.1 Å². The highest BCUT2D eigenvalue weighted by Crippen LogP contribution is 2.67. The number of nitrogens with zero attached hydrogens (tertiary/aromatic N) is 4. The van der Waals surface area contributed by atoms with Crippen molar-refractivity contribution in [2.24, 2.45) is 23.7 Å². The van der Waals surface area contributed by atoms with Crippen molar-refractivity contribution in [3.63, 3.8) is 0 Å². The number of hydrogen-bond donors (Lipinski definition) is 1. The van der Waals surface area contributed by atoms with Crippen LogP contribution in [0.5, 0.6) is 0 Å². The lowest BCUT2D eigenvalue weighted by Crippen LogP contribution is -2.56. The van der Waals surface area contributed by atoms with Gasteiger partial charge in [0.2, 0.25) is 5.91 Å². The van der Waals surface area contributed by atoms with Crippen molar-refractivity contribution in [2.45, 2.75) is 64.3 Å². The van der Waals surface area contributed by atoms with Crippen molar-refractivity contribution in [3.8, 4) is 23.3 Å². The van der Waals surface area contributed by atoms with E-state index in [1.165, 1.54) is 12.3 Å². The molecule has 9 heteroatoms. The maximum absolute atomic E-state index is 15.0. The van der Waals surface area contributed by atoms with Crippen molar-refractivity contribution in [1.82, 2.24) is 15.2 Å². The second kappa shape index (κ2) is 9.40. The maximum atomic E-state index is 15.0. The van der Waals surface area contributed by atoms with Crippen molar-refractivity contribution in [2.75, 3.05) is 0 Å². The average Bonchev–Trinajstić information content (AvgIpc) is 3.22. The number of ether oxygens (including phenoxy) is 1. The highest BCUT2D eigenvalue weighted by molar-refractivity contribution is 5.88. The highest BCUT2D eigenvalue weighted by Gasteiger charge is 2.71. The molecule has 2 aliphatic carbocycles. The number of halogens is 1. The Bertz CT molecular complexity index is 1360. The standard InChI is InChI=1S/C29H30FN5O3/c1-15-24-21-11-23(25(15)24)35(28(37)38-29(2,3)4)26(21)27(36)34-20(13-32)9-17-6-5-16(10-22(17)30)18-7-8-19(12-31)33-14-18/h5-8,10,14-15,20-21,23-26H,9,11H2,1-4H3,(H,34,36)/t15-,20-,21?,23?,24?,25?,26?/m0/s1. The van der Waals surface area contributed by atoms with Crippen LogP contribution in [0.4, 0.5) is 9.18 Å². The third-order valence-electron chi connectivity index (χ3n) is 8.07. The van der Waals surface area contributed by atoms with Gasteiger partial charge >= 0.3 is 6.09 Å². The first-order valence-electron chi connectivity index (χ1n) is 12.9. The van der Waals surface area contributed by atoms with Crippen LogP contribution in [-0.2, 0) is 16.0 Å². The third kappa shape index (κ3) is 4.58. The Kier molecular flexibility index (Phi) is 6.35. The number of nitriles is 2. The molecule has 196 valence electrons. The SMILES string of the molecule is C[C@H]1C2C3CC(C21)N(C(=O)OC(C)(C)C)C3C(=O)N[C@H](C#N)Cc1ccc(-c2ccc(C#N)nc2)cc1F. The molecular formula is C29H30FN5O3. The second-order valence-corrected chi connectivity index (χ2v) is 11.6. The van der Waals surface area contributed by atoms with Gasteiger partial charge in [-0.15, -0.1) is 0 Å². The van der Waals surface area contributed by atoms with Gasteiger partial charge in [0, 0.05) is 24.2 Å². The van der Waals surface area contributed by atoms with Gasteiger partial charge in [0.1, 0.15) is 35.3 Å². The van der Waals surface area contributed by atoms with Gasteiger partial charge in [-0.05, 0) is 80.2 Å². The van der Waals surface area contributed by atoms with Gasteiger partial charge in [-0.2, -0.15) is 10.5 Å². The highest BCUT2D eigenvalue weighted by atomic mass is 19.1. The summed E-state index contributed by atoms with van der Waals surface area (Å²) in [5, 5.41) is 21.5. The third-order valence-corrected chi connectivity index (χ3v) is 8.07. The molecule has 38 heavy (non-hydrogen) atoms. The molecule has 3 aliphatic rings. The van der Waals surface area contributed by atoms with E-state index >= 15 is 0 Å². The first-order valence-corrected chi connectivity index (χ1v) is 12.9. The van der Waals surface area contributed by atoms with Crippen molar-refractivity contribution in [3.05, 3.63) is 53.6 Å². The molecule has 1 aromatic heterocycles. The zero-order valence-corrected chi connectivity index (χ0v) is 21.8. The monoisotopic (exact) mass is 515 g/mol. The van der Waals surface area contributed by atoms with Crippen LogP contribution in [0.2, 0.25) is 0 Å². The van der Waals surface area contributed by atoms with Gasteiger partial charge in [-0.3, -0.25) is 9.69 Å². The summed E-state index contributed by atoms with van der Waals surface area (Å²) >= 11 is 0. The fourth-order valence-corrected chi connectivity index (χ4v) is 6.47. The number of rotatable bonds is 5. The molecule has 1 aromatic carbocycles. The minimum atomic E-state index is -0.966. The van der Waals surface area contributed by atoms with Crippen LogP contribution in [0.25, 0.3) is 11.1 Å². The Balaban J connectivity index is 1.30. The minimum absolute atomic E-state index is 0.0182. The molecule has 0 radical (unpaired) electrons. The van der Waals surface area contributed by atoms with E-state index in [1.54, 1.807) is 49.9 Å². The lowest BCUT2D eigenvalue weighted by atomic mass is 9.94. The first kappa shape index (κ1) is 25.7. The summed E-state index contributed by atoms with van der Waals surface area (Å²) in [6, 6.07) is 10.2. The van der Waals surface area contributed by atoms with Crippen LogP contribution >= 0.6 is 0 Å². The number of amides is 2. The van der Waals surface area contributed by atoms with E-state index in [0.717, 1.165) is 6.42 Å². The molecule has 1 aliphatic heterocycles. The summed E-state index contributed by atoms with van der Waals surface area (Å²) in [6.45, 7) is 7.53. The topological polar surface area (TPSA) is 119 Å². The lowest BCUT2D eigenvalue weighted by molar-refractivity contribution is -0.128. The molecule has 0 spiro atoms. The molecule has 2 amide bonds. The summed E-state index contributed by atoms with van der Waals surface area (Å²) in [4.78, 5) is 32.2.